The summed E-state index contributed by atoms with van der Waals surface area (Å²) in [7, 11) is 0. The lowest BCUT2D eigenvalue weighted by molar-refractivity contribution is -0.0503. The average molecular weight is 337 g/mol. The van der Waals surface area contributed by atoms with Gasteiger partial charge in [-0.15, -0.1) is 0 Å². The molecular formula is C16H13F2NO5. The topological polar surface area (TPSA) is 84.9 Å². The van der Waals surface area contributed by atoms with Crippen LogP contribution in [0.3, 0.4) is 0 Å². The molecule has 0 spiro atoms. The predicted molar refractivity (Wildman–Crippen MR) is 80.3 cm³/mol. The van der Waals surface area contributed by atoms with Crippen molar-refractivity contribution in [2.45, 2.75) is 13.2 Å². The molecule has 6 nitrogen and oxygen atoms in total. The molecule has 0 atom stereocenters. The number of benzene rings is 2. The number of carboxylic acid groups (broad SMARTS) is 1. The molecule has 0 radical (unpaired) electrons. The number of anilines is 1. The van der Waals surface area contributed by atoms with Crippen LogP contribution in [-0.2, 0) is 11.3 Å². The number of carboxylic acids is 1. The van der Waals surface area contributed by atoms with Crippen LogP contribution in [0.2, 0.25) is 0 Å². The van der Waals surface area contributed by atoms with Crippen LogP contribution < -0.4 is 10.1 Å². The lowest BCUT2D eigenvalue weighted by Crippen LogP contribution is -2.14. The number of carbonyl (C=O) groups is 2. The number of amides is 1. The zero-order valence-electron chi connectivity index (χ0n) is 12.2. The average Bonchev–Trinajstić information content (AvgIpc) is 2.54. The van der Waals surface area contributed by atoms with Gasteiger partial charge in [-0.3, -0.25) is 5.32 Å². The third kappa shape index (κ3) is 4.94. The summed E-state index contributed by atoms with van der Waals surface area (Å²) < 4.78 is 33.6. The molecule has 2 aromatic carbocycles. The number of alkyl halides is 2. The van der Waals surface area contributed by atoms with E-state index in [1.165, 1.54) is 6.07 Å². The van der Waals surface area contributed by atoms with Gasteiger partial charge in [0.25, 0.3) is 0 Å². The van der Waals surface area contributed by atoms with Crippen molar-refractivity contribution in [3.8, 4) is 5.75 Å². The fourth-order valence-corrected chi connectivity index (χ4v) is 1.85. The molecule has 0 bridgehead atoms. The predicted octanol–water partition coefficient (Wildman–Crippen LogP) is 3.73. The Morgan fingerprint density at radius 2 is 1.83 bits per heavy atom. The van der Waals surface area contributed by atoms with Gasteiger partial charge in [-0.2, -0.15) is 8.78 Å². The fourth-order valence-electron chi connectivity index (χ4n) is 1.85. The summed E-state index contributed by atoms with van der Waals surface area (Å²) in [5.74, 6) is -1.97. The Labute approximate surface area is 135 Å². The van der Waals surface area contributed by atoms with E-state index in [2.05, 4.69) is 10.1 Å². The monoisotopic (exact) mass is 337 g/mol. The van der Waals surface area contributed by atoms with E-state index in [1.54, 1.807) is 24.3 Å². The highest BCUT2D eigenvalue weighted by Crippen LogP contribution is 2.24. The minimum absolute atomic E-state index is 0.0328. The van der Waals surface area contributed by atoms with E-state index in [0.29, 0.717) is 0 Å². The Kier molecular flexibility index (Phi) is 5.67. The maximum Gasteiger partial charge on any atom is 0.411 e. The number of rotatable bonds is 6. The molecule has 0 saturated carbocycles. The molecule has 2 aromatic rings. The molecule has 0 aliphatic rings. The van der Waals surface area contributed by atoms with Crippen LogP contribution in [0.4, 0.5) is 19.3 Å². The number of carbonyl (C=O) groups excluding carboxylic acids is 1. The smallest absolute Gasteiger partial charge is 0.411 e. The van der Waals surface area contributed by atoms with Gasteiger partial charge in [0, 0.05) is 5.69 Å². The number of nitrogens with one attached hydrogen (secondary N) is 1. The summed E-state index contributed by atoms with van der Waals surface area (Å²) >= 11 is 0. The Morgan fingerprint density at radius 1 is 1.12 bits per heavy atom. The second kappa shape index (κ2) is 7.91. The van der Waals surface area contributed by atoms with Crippen LogP contribution in [0.25, 0.3) is 0 Å². The van der Waals surface area contributed by atoms with Gasteiger partial charge in [0.2, 0.25) is 0 Å². The van der Waals surface area contributed by atoms with Crippen molar-refractivity contribution in [3.63, 3.8) is 0 Å². The SMILES string of the molecule is O=C(Nc1ccc(OC(F)F)c(C(=O)O)c1)OCc1ccccc1. The molecule has 126 valence electrons. The van der Waals surface area contributed by atoms with E-state index >= 15 is 0 Å². The first-order valence-corrected chi connectivity index (χ1v) is 6.75. The van der Waals surface area contributed by atoms with Crippen molar-refractivity contribution < 1.29 is 33.0 Å². The molecule has 2 rings (SSSR count). The van der Waals surface area contributed by atoms with Gasteiger partial charge in [0.1, 0.15) is 17.9 Å². The van der Waals surface area contributed by atoms with E-state index in [1.807, 2.05) is 6.07 Å². The zero-order valence-corrected chi connectivity index (χ0v) is 12.2. The fraction of sp³-hybridized carbons (Fsp3) is 0.125. The Balaban J connectivity index is 2.02. The largest absolute Gasteiger partial charge is 0.478 e. The normalized spacial score (nSPS) is 10.3. The standard InChI is InChI=1S/C16H13F2NO5/c17-15(18)24-13-7-6-11(8-12(13)14(20)21)19-16(22)23-9-10-4-2-1-3-5-10/h1-8,15H,9H2,(H,19,22)(H,20,21). The van der Waals surface area contributed by atoms with Crippen molar-refractivity contribution in [3.05, 3.63) is 59.7 Å². The lowest BCUT2D eigenvalue weighted by atomic mass is 10.2. The highest BCUT2D eigenvalue weighted by atomic mass is 19.3. The van der Waals surface area contributed by atoms with Crippen LogP contribution in [0.15, 0.2) is 48.5 Å². The second-order valence-electron chi connectivity index (χ2n) is 4.58. The molecule has 0 aliphatic heterocycles. The number of aromatic carboxylic acids is 1. The Morgan fingerprint density at radius 3 is 2.46 bits per heavy atom. The molecule has 8 heteroatoms. The van der Waals surface area contributed by atoms with Crippen LogP contribution in [0.1, 0.15) is 15.9 Å². The van der Waals surface area contributed by atoms with Gasteiger partial charge >= 0.3 is 18.7 Å². The summed E-state index contributed by atoms with van der Waals surface area (Å²) in [6.45, 7) is -3.12. The third-order valence-corrected chi connectivity index (χ3v) is 2.89. The number of hydrogen-bond donors (Lipinski definition) is 2. The van der Waals surface area contributed by atoms with E-state index < -0.39 is 30.0 Å². The van der Waals surface area contributed by atoms with E-state index in [-0.39, 0.29) is 12.3 Å². The van der Waals surface area contributed by atoms with Crippen LogP contribution in [-0.4, -0.2) is 23.8 Å². The maximum absolute atomic E-state index is 12.2. The Bertz CT molecular complexity index is 722. The van der Waals surface area contributed by atoms with Crippen molar-refractivity contribution >= 4 is 17.7 Å². The first-order valence-electron chi connectivity index (χ1n) is 6.75. The quantitative estimate of drug-likeness (QED) is 0.839. The highest BCUT2D eigenvalue weighted by molar-refractivity contribution is 5.94. The van der Waals surface area contributed by atoms with Crippen LogP contribution in [0, 0.1) is 0 Å². The van der Waals surface area contributed by atoms with Gasteiger partial charge in [-0.1, -0.05) is 30.3 Å². The van der Waals surface area contributed by atoms with Crippen molar-refractivity contribution in [1.29, 1.82) is 0 Å². The summed E-state index contributed by atoms with van der Waals surface area (Å²) in [5, 5.41) is 11.3. The summed E-state index contributed by atoms with van der Waals surface area (Å²) in [6.07, 6.45) is -0.808. The third-order valence-electron chi connectivity index (χ3n) is 2.89. The van der Waals surface area contributed by atoms with Crippen LogP contribution in [0.5, 0.6) is 5.75 Å². The molecule has 0 heterocycles. The minimum atomic E-state index is -3.15. The summed E-state index contributed by atoms with van der Waals surface area (Å²) in [6, 6.07) is 12.2. The molecule has 0 unspecified atom stereocenters. The molecule has 0 aromatic heterocycles. The van der Waals surface area contributed by atoms with Gasteiger partial charge < -0.3 is 14.6 Å². The zero-order chi connectivity index (χ0) is 17.5. The van der Waals surface area contributed by atoms with Gasteiger partial charge in [0.05, 0.1) is 0 Å². The Hall–Kier alpha value is -3.16. The van der Waals surface area contributed by atoms with Gasteiger partial charge in [-0.05, 0) is 23.8 Å². The van der Waals surface area contributed by atoms with Gasteiger partial charge in [-0.25, -0.2) is 9.59 Å². The number of hydrogen-bond acceptors (Lipinski definition) is 4. The van der Waals surface area contributed by atoms with E-state index in [9.17, 15) is 18.4 Å². The molecule has 0 saturated heterocycles. The van der Waals surface area contributed by atoms with E-state index in [0.717, 1.165) is 17.7 Å². The molecule has 1 amide bonds. The van der Waals surface area contributed by atoms with Crippen molar-refractivity contribution in [1.82, 2.24) is 0 Å². The van der Waals surface area contributed by atoms with Crippen molar-refractivity contribution in [2.24, 2.45) is 0 Å². The highest BCUT2D eigenvalue weighted by Gasteiger charge is 2.16. The second-order valence-corrected chi connectivity index (χ2v) is 4.58. The van der Waals surface area contributed by atoms with Gasteiger partial charge in [0.15, 0.2) is 0 Å². The van der Waals surface area contributed by atoms with E-state index in [4.69, 9.17) is 9.84 Å². The first-order chi connectivity index (χ1) is 11.5. The molecule has 24 heavy (non-hydrogen) atoms. The number of ether oxygens (including phenoxy) is 2. The maximum atomic E-state index is 12.2. The summed E-state index contributed by atoms with van der Waals surface area (Å²) in [4.78, 5) is 22.8. The lowest BCUT2D eigenvalue weighted by Gasteiger charge is -2.11. The summed E-state index contributed by atoms with van der Waals surface area (Å²) in [5.41, 5.74) is 0.350. The first kappa shape index (κ1) is 17.2. The molecule has 0 aliphatic carbocycles. The molecule has 0 fully saturated rings. The minimum Gasteiger partial charge on any atom is -0.478 e. The number of halogens is 2. The van der Waals surface area contributed by atoms with Crippen molar-refractivity contribution in [2.75, 3.05) is 5.32 Å². The van der Waals surface area contributed by atoms with Crippen LogP contribution >= 0.6 is 0 Å². The molecule has 2 N–H and O–H groups in total. The molecular weight excluding hydrogens is 324 g/mol.